The molecule has 0 spiro atoms. The first-order valence-electron chi connectivity index (χ1n) is 27.8. The van der Waals surface area contributed by atoms with E-state index in [0.717, 1.165) is 112 Å². The van der Waals surface area contributed by atoms with E-state index in [2.05, 4.69) is 260 Å². The molecule has 4 nitrogen and oxygen atoms in total. The molecule has 12 aromatic rings. The van der Waals surface area contributed by atoms with Crippen molar-refractivity contribution < 1.29 is 0 Å². The Kier molecular flexibility index (Phi) is 11.6. The van der Waals surface area contributed by atoms with Gasteiger partial charge in [0.15, 0.2) is 0 Å². The SMILES string of the molecule is c1ccc(-c2cc3c(c(-c4ccccc4)n2)CCc2cc(N(c4ccc(-c5cc(-c6ccccc6)nc6c5CCc5ccccc5-6)cc4)c4ccc(-c5cc(-c6ccccc6)nc6c5CCc5ccccc5-6)cc4)ccc2-3)cc1. The van der Waals surface area contributed by atoms with Crippen molar-refractivity contribution in [2.24, 2.45) is 0 Å². The average molecular weight is 1010 g/mol. The second-order valence-electron chi connectivity index (χ2n) is 21.2. The summed E-state index contributed by atoms with van der Waals surface area (Å²) in [6.07, 6.45) is 5.69. The Bertz CT molecular complexity index is 4080. The van der Waals surface area contributed by atoms with Crippen LogP contribution in [0, 0.1) is 0 Å². The molecule has 374 valence electrons. The first-order chi connectivity index (χ1) is 39.1. The Morgan fingerprint density at radius 1 is 0.228 bits per heavy atom. The summed E-state index contributed by atoms with van der Waals surface area (Å²) in [5, 5.41) is 0. The van der Waals surface area contributed by atoms with Gasteiger partial charge in [-0.1, -0.05) is 200 Å². The molecule has 0 saturated heterocycles. The Morgan fingerprint density at radius 3 is 1.06 bits per heavy atom. The minimum atomic E-state index is 0.902. The number of benzene rings is 9. The fourth-order valence-electron chi connectivity index (χ4n) is 12.7. The van der Waals surface area contributed by atoms with Crippen molar-refractivity contribution in [3.8, 4) is 101 Å². The molecular formula is C75H54N4. The number of hydrogen-bond acceptors (Lipinski definition) is 4. The number of pyridine rings is 3. The van der Waals surface area contributed by atoms with Crippen LogP contribution >= 0.6 is 0 Å². The Labute approximate surface area is 462 Å². The van der Waals surface area contributed by atoms with Crippen LogP contribution in [0.2, 0.25) is 0 Å². The predicted molar refractivity (Wildman–Crippen MR) is 326 cm³/mol. The van der Waals surface area contributed by atoms with Crippen molar-refractivity contribution >= 4 is 17.1 Å². The quantitative estimate of drug-likeness (QED) is 0.144. The van der Waals surface area contributed by atoms with E-state index in [1.54, 1.807) is 0 Å². The average Bonchev–Trinajstić information content (AvgIpc) is 3.61. The molecule has 3 aliphatic rings. The van der Waals surface area contributed by atoms with Gasteiger partial charge in [0.2, 0.25) is 0 Å². The second kappa shape index (κ2) is 19.7. The summed E-state index contributed by atoms with van der Waals surface area (Å²) in [6.45, 7) is 0. The number of nitrogens with zero attached hydrogens (tertiary/aromatic N) is 4. The van der Waals surface area contributed by atoms with Crippen molar-refractivity contribution in [3.05, 3.63) is 288 Å². The molecule has 0 unspecified atom stereocenters. The molecule has 3 aliphatic carbocycles. The molecule has 0 aliphatic heterocycles. The second-order valence-corrected chi connectivity index (χ2v) is 21.2. The molecule has 0 bridgehead atoms. The molecule has 3 heterocycles. The van der Waals surface area contributed by atoms with Crippen molar-refractivity contribution in [1.82, 2.24) is 15.0 Å². The van der Waals surface area contributed by atoms with Crippen LogP contribution < -0.4 is 4.90 Å². The van der Waals surface area contributed by atoms with E-state index in [0.29, 0.717) is 0 Å². The smallest absolute Gasteiger partial charge is 0.0750 e. The van der Waals surface area contributed by atoms with Crippen LogP contribution in [0.1, 0.15) is 33.4 Å². The lowest BCUT2D eigenvalue weighted by molar-refractivity contribution is 0.930. The molecule has 3 aromatic heterocycles. The lowest BCUT2D eigenvalue weighted by atomic mass is 9.82. The molecule has 0 fully saturated rings. The lowest BCUT2D eigenvalue weighted by Gasteiger charge is -2.29. The van der Waals surface area contributed by atoms with Gasteiger partial charge in [-0.2, -0.15) is 0 Å². The van der Waals surface area contributed by atoms with Gasteiger partial charge in [0, 0.05) is 50.4 Å². The van der Waals surface area contributed by atoms with Crippen LogP contribution in [-0.2, 0) is 38.5 Å². The Morgan fingerprint density at radius 2 is 0.595 bits per heavy atom. The van der Waals surface area contributed by atoms with E-state index < -0.39 is 0 Å². The van der Waals surface area contributed by atoms with Gasteiger partial charge in [-0.15, -0.1) is 0 Å². The van der Waals surface area contributed by atoms with E-state index in [9.17, 15) is 0 Å². The number of fused-ring (bicyclic) bond motifs is 9. The highest BCUT2D eigenvalue weighted by Gasteiger charge is 2.27. The minimum Gasteiger partial charge on any atom is -0.310 e. The van der Waals surface area contributed by atoms with Gasteiger partial charge in [0.05, 0.1) is 34.2 Å². The van der Waals surface area contributed by atoms with Crippen LogP contribution in [-0.4, -0.2) is 15.0 Å². The van der Waals surface area contributed by atoms with E-state index in [1.807, 2.05) is 0 Å². The van der Waals surface area contributed by atoms with Crippen LogP contribution in [0.5, 0.6) is 0 Å². The normalized spacial score (nSPS) is 12.8. The van der Waals surface area contributed by atoms with Gasteiger partial charge in [-0.3, -0.25) is 0 Å². The van der Waals surface area contributed by atoms with Crippen LogP contribution in [0.3, 0.4) is 0 Å². The standard InChI is InChI=1S/C75H54N4/c1-5-19-53(20-6-1)70-46-67(64-41-33-49-17-13-15-27-62(49)74(64)77-70)51-29-36-58(37-30-51)79(59-38-31-52(32-39-59)68-47-71(54-21-7-2-8-22-54)78-75-63-28-16-14-18-50(63)34-42-65(68)75)60-40-44-61-57(45-60)35-43-66-69(61)48-72(55-23-9-3-10-24-55)76-73(66)56-25-11-4-12-26-56/h1-32,36-40,44-48H,33-35,41-43H2. The van der Waals surface area contributed by atoms with Crippen LogP contribution in [0.25, 0.3) is 101 Å². The first-order valence-corrected chi connectivity index (χ1v) is 27.8. The van der Waals surface area contributed by atoms with E-state index in [-0.39, 0.29) is 0 Å². The summed E-state index contributed by atoms with van der Waals surface area (Å²) < 4.78 is 0. The topological polar surface area (TPSA) is 41.9 Å². The zero-order chi connectivity index (χ0) is 52.2. The van der Waals surface area contributed by atoms with Gasteiger partial charge in [0.25, 0.3) is 0 Å². The van der Waals surface area contributed by atoms with Crippen molar-refractivity contribution in [3.63, 3.8) is 0 Å². The van der Waals surface area contributed by atoms with Gasteiger partial charge < -0.3 is 4.90 Å². The molecule has 15 rings (SSSR count). The number of rotatable bonds is 9. The molecule has 4 heteroatoms. The third-order valence-corrected chi connectivity index (χ3v) is 16.6. The summed E-state index contributed by atoms with van der Waals surface area (Å²) in [5.41, 5.74) is 31.9. The maximum Gasteiger partial charge on any atom is 0.0750 e. The molecular weight excluding hydrogens is 957 g/mol. The fourth-order valence-corrected chi connectivity index (χ4v) is 12.7. The lowest BCUT2D eigenvalue weighted by Crippen LogP contribution is -2.13. The first kappa shape index (κ1) is 46.5. The van der Waals surface area contributed by atoms with E-state index >= 15 is 0 Å². The summed E-state index contributed by atoms with van der Waals surface area (Å²) in [7, 11) is 0. The van der Waals surface area contributed by atoms with Crippen molar-refractivity contribution in [2.75, 3.05) is 4.90 Å². The van der Waals surface area contributed by atoms with Crippen molar-refractivity contribution in [1.29, 1.82) is 0 Å². The molecule has 0 radical (unpaired) electrons. The van der Waals surface area contributed by atoms with Gasteiger partial charge in [-0.25, -0.2) is 15.0 Å². The maximum absolute atomic E-state index is 5.39. The highest BCUT2D eigenvalue weighted by atomic mass is 15.1. The number of aromatic nitrogens is 3. The van der Waals surface area contributed by atoms with E-state index in [1.165, 1.54) is 77.9 Å². The molecule has 9 aromatic carbocycles. The van der Waals surface area contributed by atoms with Gasteiger partial charge in [-0.05, 0) is 160 Å². The molecule has 0 atom stereocenters. The summed E-state index contributed by atoms with van der Waals surface area (Å²) in [4.78, 5) is 18.6. The highest BCUT2D eigenvalue weighted by Crippen LogP contribution is 2.47. The maximum atomic E-state index is 5.39. The predicted octanol–water partition coefficient (Wildman–Crippen LogP) is 18.6. The monoisotopic (exact) mass is 1010 g/mol. The summed E-state index contributed by atoms with van der Waals surface area (Å²) in [6, 6.07) is 92.8. The molecule has 0 amide bonds. The molecule has 79 heavy (non-hydrogen) atoms. The number of aryl methyl sites for hydroxylation is 3. The third kappa shape index (κ3) is 8.45. The largest absolute Gasteiger partial charge is 0.310 e. The van der Waals surface area contributed by atoms with Crippen molar-refractivity contribution in [2.45, 2.75) is 38.5 Å². The van der Waals surface area contributed by atoms with E-state index in [4.69, 9.17) is 15.0 Å². The van der Waals surface area contributed by atoms with Gasteiger partial charge >= 0.3 is 0 Å². The zero-order valence-corrected chi connectivity index (χ0v) is 43.8. The highest BCUT2D eigenvalue weighted by molar-refractivity contribution is 5.90. The number of anilines is 3. The zero-order valence-electron chi connectivity index (χ0n) is 43.8. The Hall–Kier alpha value is -9.77. The molecule has 0 N–H and O–H groups in total. The van der Waals surface area contributed by atoms with Gasteiger partial charge in [0.1, 0.15) is 0 Å². The summed E-state index contributed by atoms with van der Waals surface area (Å²) in [5.74, 6) is 0. The fraction of sp³-hybridized carbons (Fsp3) is 0.0800. The molecule has 0 saturated carbocycles. The van der Waals surface area contributed by atoms with Crippen LogP contribution in [0.4, 0.5) is 17.1 Å². The minimum absolute atomic E-state index is 0.902. The summed E-state index contributed by atoms with van der Waals surface area (Å²) >= 11 is 0. The number of hydrogen-bond donors (Lipinski definition) is 0. The Balaban J connectivity index is 0.870. The van der Waals surface area contributed by atoms with Crippen LogP contribution in [0.15, 0.2) is 255 Å². The third-order valence-electron chi connectivity index (χ3n) is 16.6.